The second-order valence-corrected chi connectivity index (χ2v) is 6.46. The molecule has 1 aliphatic carbocycles. The van der Waals surface area contributed by atoms with E-state index in [2.05, 4.69) is 17.0 Å². The minimum atomic E-state index is -0.550. The fourth-order valence-corrected chi connectivity index (χ4v) is 4.00. The predicted octanol–water partition coefficient (Wildman–Crippen LogP) is 2.28. The van der Waals surface area contributed by atoms with Crippen LogP contribution in [0.15, 0.2) is 30.3 Å². The first-order valence-corrected chi connectivity index (χ1v) is 8.06. The Labute approximate surface area is 131 Å². The quantitative estimate of drug-likeness (QED) is 0.635. The minimum Gasteiger partial charge on any atom is -0.468 e. The number of Topliss-reactive ketones (excluding diaryl/α,β-unsaturated/α-hetero) is 1. The lowest BCUT2D eigenvalue weighted by atomic mass is 9.87. The number of esters is 1. The molecule has 3 unspecified atom stereocenters. The molecule has 0 spiro atoms. The maximum atomic E-state index is 12.2. The predicted molar refractivity (Wildman–Crippen MR) is 83.1 cm³/mol. The number of carbonyl (C=O) groups is 2. The number of fused-ring (bicyclic) bond motifs is 1. The van der Waals surface area contributed by atoms with Crippen molar-refractivity contribution < 1.29 is 14.3 Å². The van der Waals surface area contributed by atoms with Crippen LogP contribution in [0.1, 0.15) is 24.8 Å². The van der Waals surface area contributed by atoms with E-state index in [-0.39, 0.29) is 17.7 Å². The number of methoxy groups -OCH3 is 1. The van der Waals surface area contributed by atoms with Crippen molar-refractivity contribution in [2.75, 3.05) is 20.2 Å². The van der Waals surface area contributed by atoms with Gasteiger partial charge in [-0.3, -0.25) is 14.5 Å². The van der Waals surface area contributed by atoms with E-state index in [1.807, 2.05) is 18.2 Å². The van der Waals surface area contributed by atoms with Gasteiger partial charge < -0.3 is 4.74 Å². The summed E-state index contributed by atoms with van der Waals surface area (Å²) in [6.45, 7) is 2.72. The lowest BCUT2D eigenvalue weighted by molar-refractivity contribution is -0.150. The Balaban J connectivity index is 1.74. The van der Waals surface area contributed by atoms with Gasteiger partial charge in [-0.05, 0) is 36.8 Å². The fourth-order valence-electron chi connectivity index (χ4n) is 4.00. The van der Waals surface area contributed by atoms with Crippen LogP contribution in [-0.2, 0) is 20.9 Å². The average molecular weight is 301 g/mol. The molecule has 0 N–H and O–H groups in total. The number of ketones is 1. The minimum absolute atomic E-state index is 0.0726. The van der Waals surface area contributed by atoms with E-state index in [1.54, 1.807) is 0 Å². The Morgan fingerprint density at radius 1 is 1.32 bits per heavy atom. The van der Waals surface area contributed by atoms with Crippen molar-refractivity contribution in [3.8, 4) is 0 Å². The van der Waals surface area contributed by atoms with E-state index < -0.39 is 5.92 Å². The normalized spacial score (nSPS) is 29.0. The van der Waals surface area contributed by atoms with Crippen molar-refractivity contribution in [1.82, 2.24) is 4.90 Å². The Morgan fingerprint density at radius 3 is 2.82 bits per heavy atom. The van der Waals surface area contributed by atoms with Crippen molar-refractivity contribution in [3.05, 3.63) is 35.9 Å². The van der Waals surface area contributed by atoms with Crippen molar-refractivity contribution in [3.63, 3.8) is 0 Å². The van der Waals surface area contributed by atoms with Gasteiger partial charge in [0.1, 0.15) is 11.7 Å². The van der Waals surface area contributed by atoms with Crippen LogP contribution in [-0.4, -0.2) is 36.9 Å². The third kappa shape index (κ3) is 3.07. The molecule has 1 heterocycles. The zero-order valence-electron chi connectivity index (χ0n) is 13.0. The Morgan fingerprint density at radius 2 is 2.09 bits per heavy atom. The van der Waals surface area contributed by atoms with Crippen LogP contribution in [0.5, 0.6) is 0 Å². The maximum Gasteiger partial charge on any atom is 0.316 e. The number of hydrogen-bond acceptors (Lipinski definition) is 4. The summed E-state index contributed by atoms with van der Waals surface area (Å²) in [5, 5.41) is 0. The van der Waals surface area contributed by atoms with E-state index in [9.17, 15) is 9.59 Å². The summed E-state index contributed by atoms with van der Waals surface area (Å²) < 4.78 is 4.87. The van der Waals surface area contributed by atoms with Gasteiger partial charge in [0.2, 0.25) is 0 Å². The zero-order valence-corrected chi connectivity index (χ0v) is 13.0. The smallest absolute Gasteiger partial charge is 0.316 e. The van der Waals surface area contributed by atoms with Crippen molar-refractivity contribution >= 4 is 11.8 Å². The molecule has 118 valence electrons. The van der Waals surface area contributed by atoms with Crippen LogP contribution < -0.4 is 0 Å². The van der Waals surface area contributed by atoms with Gasteiger partial charge in [0.05, 0.1) is 7.11 Å². The Kier molecular flexibility index (Phi) is 4.57. The summed E-state index contributed by atoms with van der Waals surface area (Å²) in [5.74, 6) is -0.364. The van der Waals surface area contributed by atoms with Crippen molar-refractivity contribution in [2.45, 2.75) is 25.8 Å². The molecule has 0 amide bonds. The summed E-state index contributed by atoms with van der Waals surface area (Å²) in [6.07, 6.45) is 2.67. The number of rotatable bonds is 3. The van der Waals surface area contributed by atoms with E-state index in [4.69, 9.17) is 4.74 Å². The van der Waals surface area contributed by atoms with E-state index in [1.165, 1.54) is 12.7 Å². The standard InChI is InChI=1S/C18H23NO3/c1-22-18(21)17-15-12-19(11-13-6-3-2-4-7-13)9-5-8-14(15)10-16(17)20/h2-4,6-7,14-15,17H,5,8-12H2,1H3. The van der Waals surface area contributed by atoms with Gasteiger partial charge in [0, 0.05) is 19.5 Å². The largest absolute Gasteiger partial charge is 0.468 e. The molecule has 0 radical (unpaired) electrons. The number of carbonyl (C=O) groups excluding carboxylic acids is 2. The summed E-state index contributed by atoms with van der Waals surface area (Å²) in [7, 11) is 1.38. The van der Waals surface area contributed by atoms with Gasteiger partial charge in [0.15, 0.2) is 0 Å². The number of benzene rings is 1. The number of nitrogens with zero attached hydrogens (tertiary/aromatic N) is 1. The molecule has 0 aromatic heterocycles. The molecule has 1 saturated carbocycles. The SMILES string of the molecule is COC(=O)C1C(=O)CC2CCCN(Cc3ccccc3)CC21. The molecule has 2 fully saturated rings. The molecule has 1 aromatic rings. The van der Waals surface area contributed by atoms with E-state index in [0.29, 0.717) is 12.3 Å². The highest BCUT2D eigenvalue weighted by molar-refractivity contribution is 6.01. The van der Waals surface area contributed by atoms with Crippen LogP contribution in [0.4, 0.5) is 0 Å². The number of hydrogen-bond donors (Lipinski definition) is 0. The molecular weight excluding hydrogens is 278 g/mol. The molecule has 0 bridgehead atoms. The van der Waals surface area contributed by atoms with Gasteiger partial charge in [-0.1, -0.05) is 30.3 Å². The van der Waals surface area contributed by atoms with Gasteiger partial charge in [0.25, 0.3) is 0 Å². The molecule has 3 atom stereocenters. The summed E-state index contributed by atoms with van der Waals surface area (Å²) in [6, 6.07) is 10.4. The fraction of sp³-hybridized carbons (Fsp3) is 0.556. The molecule has 2 aliphatic rings. The lowest BCUT2D eigenvalue weighted by Gasteiger charge is -2.26. The molecule has 22 heavy (non-hydrogen) atoms. The first kappa shape index (κ1) is 15.2. The molecule has 4 nitrogen and oxygen atoms in total. The van der Waals surface area contributed by atoms with Crippen LogP contribution >= 0.6 is 0 Å². The summed E-state index contributed by atoms with van der Waals surface area (Å²) in [5.41, 5.74) is 1.28. The second kappa shape index (κ2) is 6.61. The van der Waals surface area contributed by atoms with E-state index in [0.717, 1.165) is 32.5 Å². The highest BCUT2D eigenvalue weighted by Gasteiger charge is 2.48. The van der Waals surface area contributed by atoms with Crippen molar-refractivity contribution in [2.24, 2.45) is 17.8 Å². The van der Waals surface area contributed by atoms with Gasteiger partial charge >= 0.3 is 5.97 Å². The monoisotopic (exact) mass is 301 g/mol. The topological polar surface area (TPSA) is 46.6 Å². The highest BCUT2D eigenvalue weighted by atomic mass is 16.5. The molecule has 3 rings (SSSR count). The van der Waals surface area contributed by atoms with Gasteiger partial charge in [-0.15, -0.1) is 0 Å². The average Bonchev–Trinajstić information content (AvgIpc) is 2.70. The summed E-state index contributed by atoms with van der Waals surface area (Å²) >= 11 is 0. The maximum absolute atomic E-state index is 12.2. The first-order valence-electron chi connectivity index (χ1n) is 8.06. The molecular formula is C18H23NO3. The second-order valence-electron chi connectivity index (χ2n) is 6.46. The van der Waals surface area contributed by atoms with Crippen LogP contribution in [0.25, 0.3) is 0 Å². The molecule has 1 saturated heterocycles. The highest BCUT2D eigenvalue weighted by Crippen LogP contribution is 2.40. The van der Waals surface area contributed by atoms with Crippen LogP contribution in [0.2, 0.25) is 0 Å². The first-order chi connectivity index (χ1) is 10.7. The van der Waals surface area contributed by atoms with Crippen LogP contribution in [0.3, 0.4) is 0 Å². The number of likely N-dealkylation sites (tertiary alicyclic amines) is 1. The molecule has 1 aliphatic heterocycles. The Bertz CT molecular complexity index is 543. The Hall–Kier alpha value is -1.68. The summed E-state index contributed by atoms with van der Waals surface area (Å²) in [4.78, 5) is 26.6. The van der Waals surface area contributed by atoms with E-state index >= 15 is 0 Å². The third-order valence-corrected chi connectivity index (χ3v) is 5.07. The zero-order chi connectivity index (χ0) is 15.5. The lowest BCUT2D eigenvalue weighted by Crippen LogP contribution is -2.36. The number of ether oxygens (including phenoxy) is 1. The molecule has 1 aromatic carbocycles. The third-order valence-electron chi connectivity index (χ3n) is 5.07. The van der Waals surface area contributed by atoms with Crippen molar-refractivity contribution in [1.29, 1.82) is 0 Å². The van der Waals surface area contributed by atoms with Gasteiger partial charge in [-0.25, -0.2) is 0 Å². The van der Waals surface area contributed by atoms with Crippen LogP contribution in [0, 0.1) is 17.8 Å². The molecule has 4 heteroatoms. The van der Waals surface area contributed by atoms with Gasteiger partial charge in [-0.2, -0.15) is 0 Å².